The number of hydrogen-bond donors (Lipinski definition) is 1. The first-order valence-corrected chi connectivity index (χ1v) is 8.73. The first-order chi connectivity index (χ1) is 11.7. The van der Waals surface area contributed by atoms with Gasteiger partial charge in [0.25, 0.3) is 0 Å². The van der Waals surface area contributed by atoms with Gasteiger partial charge in [0.2, 0.25) is 0 Å². The Kier molecular flexibility index (Phi) is 4.49. The van der Waals surface area contributed by atoms with E-state index in [0.717, 1.165) is 5.56 Å². The number of likely N-dealkylation sites (tertiary alicyclic amines) is 1. The summed E-state index contributed by atoms with van der Waals surface area (Å²) < 4.78 is 5.49. The molecule has 2 fully saturated rings. The van der Waals surface area contributed by atoms with Crippen molar-refractivity contribution < 1.29 is 19.4 Å². The number of carbonyl (C=O) groups is 2. The molecule has 0 spiro atoms. The van der Waals surface area contributed by atoms with Gasteiger partial charge in [-0.05, 0) is 39.2 Å². The number of piperazine rings is 1. The van der Waals surface area contributed by atoms with Crippen molar-refractivity contribution in [2.24, 2.45) is 0 Å². The average molecular weight is 346 g/mol. The smallest absolute Gasteiger partial charge is 0.411 e. The van der Waals surface area contributed by atoms with Gasteiger partial charge in [-0.2, -0.15) is 0 Å². The molecule has 3 rings (SSSR count). The maximum Gasteiger partial charge on any atom is 0.411 e. The summed E-state index contributed by atoms with van der Waals surface area (Å²) in [5.41, 5.74) is -0.689. The van der Waals surface area contributed by atoms with Crippen LogP contribution in [0.3, 0.4) is 0 Å². The third kappa shape index (κ3) is 3.49. The Morgan fingerprint density at radius 3 is 2.56 bits per heavy atom. The zero-order chi connectivity index (χ0) is 18.2. The van der Waals surface area contributed by atoms with E-state index < -0.39 is 23.2 Å². The van der Waals surface area contributed by atoms with Crippen molar-refractivity contribution in [2.75, 3.05) is 13.1 Å². The third-order valence-electron chi connectivity index (χ3n) is 4.91. The van der Waals surface area contributed by atoms with Crippen LogP contribution in [0.15, 0.2) is 30.3 Å². The third-order valence-corrected chi connectivity index (χ3v) is 4.91. The molecular formula is C19H26N2O4. The lowest BCUT2D eigenvalue weighted by Gasteiger charge is -2.46. The van der Waals surface area contributed by atoms with Crippen molar-refractivity contribution in [2.45, 2.75) is 57.3 Å². The van der Waals surface area contributed by atoms with E-state index >= 15 is 0 Å². The molecule has 2 heterocycles. The number of fused-ring (bicyclic) bond motifs is 2. The van der Waals surface area contributed by atoms with Crippen LogP contribution in [0.25, 0.3) is 0 Å². The number of amides is 1. The first kappa shape index (κ1) is 17.7. The highest BCUT2D eigenvalue weighted by atomic mass is 16.6. The first-order valence-electron chi connectivity index (χ1n) is 8.73. The summed E-state index contributed by atoms with van der Waals surface area (Å²) in [5, 5.41) is 9.94. The molecule has 1 N–H and O–H groups in total. The summed E-state index contributed by atoms with van der Waals surface area (Å²) in [6.07, 6.45) is 0.644. The molecule has 6 nitrogen and oxygen atoms in total. The number of nitrogens with zero attached hydrogens (tertiary/aromatic N) is 2. The summed E-state index contributed by atoms with van der Waals surface area (Å²) in [4.78, 5) is 28.4. The van der Waals surface area contributed by atoms with Gasteiger partial charge in [0.15, 0.2) is 5.54 Å². The van der Waals surface area contributed by atoms with E-state index in [1.165, 1.54) is 4.90 Å². The highest BCUT2D eigenvalue weighted by Crippen LogP contribution is 2.40. The van der Waals surface area contributed by atoms with Crippen molar-refractivity contribution in [3.05, 3.63) is 35.9 Å². The predicted octanol–water partition coefficient (Wildman–Crippen LogP) is 2.73. The maximum atomic E-state index is 12.7. The zero-order valence-electron chi connectivity index (χ0n) is 15.1. The molecule has 2 aliphatic rings. The largest absolute Gasteiger partial charge is 0.479 e. The Morgan fingerprint density at radius 2 is 1.96 bits per heavy atom. The second-order valence-corrected chi connectivity index (χ2v) is 8.03. The van der Waals surface area contributed by atoms with E-state index in [-0.39, 0.29) is 6.04 Å². The molecule has 6 heteroatoms. The van der Waals surface area contributed by atoms with Crippen LogP contribution < -0.4 is 0 Å². The number of benzene rings is 1. The van der Waals surface area contributed by atoms with Crippen LogP contribution >= 0.6 is 0 Å². The number of carboxylic acid groups (broad SMARTS) is 1. The summed E-state index contributed by atoms with van der Waals surface area (Å²) in [6, 6.07) is 9.88. The standard InChI is InChI=1S/C19H26N2O4/c1-18(2,3)25-17(24)21-15-9-10-19(21,16(22)23)13-20(12-15)11-14-7-5-4-6-8-14/h4-8,15H,9-13H2,1-3H3,(H,22,23). The molecule has 2 aliphatic heterocycles. The van der Waals surface area contributed by atoms with Gasteiger partial charge in [0, 0.05) is 25.7 Å². The fourth-order valence-corrected chi connectivity index (χ4v) is 3.94. The quantitative estimate of drug-likeness (QED) is 0.911. The molecule has 2 bridgehead atoms. The van der Waals surface area contributed by atoms with Crippen LogP contribution in [0.5, 0.6) is 0 Å². The summed E-state index contributed by atoms with van der Waals surface area (Å²) in [5.74, 6) is -0.946. The van der Waals surface area contributed by atoms with E-state index in [9.17, 15) is 14.7 Å². The molecule has 136 valence electrons. The molecule has 0 aliphatic carbocycles. The molecule has 2 saturated heterocycles. The molecule has 0 saturated carbocycles. The monoisotopic (exact) mass is 346 g/mol. The number of ether oxygens (including phenoxy) is 1. The number of hydrogen-bond acceptors (Lipinski definition) is 4. The van der Waals surface area contributed by atoms with Gasteiger partial charge in [0.05, 0.1) is 0 Å². The lowest BCUT2D eigenvalue weighted by Crippen LogP contribution is -2.66. The van der Waals surface area contributed by atoms with Crippen molar-refractivity contribution in [3.8, 4) is 0 Å². The molecule has 1 aromatic carbocycles. The Bertz CT molecular complexity index is 655. The Labute approximate surface area is 148 Å². The number of carbonyl (C=O) groups excluding carboxylic acids is 1. The van der Waals surface area contributed by atoms with Gasteiger partial charge in [-0.1, -0.05) is 30.3 Å². The molecule has 2 unspecified atom stereocenters. The average Bonchev–Trinajstić information content (AvgIpc) is 2.76. The van der Waals surface area contributed by atoms with E-state index in [2.05, 4.69) is 4.90 Å². The van der Waals surface area contributed by atoms with Crippen LogP contribution in [0.2, 0.25) is 0 Å². The fourth-order valence-electron chi connectivity index (χ4n) is 3.94. The van der Waals surface area contributed by atoms with Crippen LogP contribution in [-0.4, -0.2) is 57.2 Å². The Hall–Kier alpha value is -2.08. The summed E-state index contributed by atoms with van der Waals surface area (Å²) in [6.45, 7) is 7.08. The molecule has 0 aromatic heterocycles. The van der Waals surface area contributed by atoms with E-state index in [0.29, 0.717) is 32.5 Å². The molecule has 2 atom stereocenters. The van der Waals surface area contributed by atoms with Crippen molar-refractivity contribution >= 4 is 12.1 Å². The van der Waals surface area contributed by atoms with Crippen molar-refractivity contribution in [1.82, 2.24) is 9.80 Å². The van der Waals surface area contributed by atoms with Gasteiger partial charge in [-0.25, -0.2) is 9.59 Å². The lowest BCUT2D eigenvalue weighted by molar-refractivity contribution is -0.154. The van der Waals surface area contributed by atoms with E-state index in [4.69, 9.17) is 4.74 Å². The predicted molar refractivity (Wildman–Crippen MR) is 93.2 cm³/mol. The highest BCUT2D eigenvalue weighted by Gasteiger charge is 2.59. The minimum atomic E-state index is -1.19. The maximum absolute atomic E-state index is 12.7. The van der Waals surface area contributed by atoms with E-state index in [1.807, 2.05) is 30.3 Å². The Balaban J connectivity index is 1.82. The van der Waals surface area contributed by atoms with Crippen LogP contribution in [0, 0.1) is 0 Å². The molecular weight excluding hydrogens is 320 g/mol. The number of carboxylic acids is 1. The van der Waals surface area contributed by atoms with Gasteiger partial charge < -0.3 is 9.84 Å². The minimum Gasteiger partial charge on any atom is -0.479 e. The second-order valence-electron chi connectivity index (χ2n) is 8.03. The number of rotatable bonds is 3. The van der Waals surface area contributed by atoms with Gasteiger partial charge >= 0.3 is 12.1 Å². The van der Waals surface area contributed by atoms with Gasteiger partial charge in [-0.3, -0.25) is 9.80 Å². The normalized spacial score (nSPS) is 26.5. The van der Waals surface area contributed by atoms with Crippen molar-refractivity contribution in [3.63, 3.8) is 0 Å². The zero-order valence-corrected chi connectivity index (χ0v) is 15.1. The number of aliphatic carboxylic acids is 1. The molecule has 0 radical (unpaired) electrons. The van der Waals surface area contributed by atoms with Crippen molar-refractivity contribution in [1.29, 1.82) is 0 Å². The summed E-state index contributed by atoms with van der Waals surface area (Å²) in [7, 11) is 0. The van der Waals surface area contributed by atoms with Crippen LogP contribution in [0.1, 0.15) is 39.2 Å². The topological polar surface area (TPSA) is 70.1 Å². The Morgan fingerprint density at radius 1 is 1.28 bits per heavy atom. The molecule has 25 heavy (non-hydrogen) atoms. The minimum absolute atomic E-state index is 0.122. The fraction of sp³-hybridized carbons (Fsp3) is 0.579. The molecule has 1 amide bonds. The van der Waals surface area contributed by atoms with Gasteiger partial charge in [-0.15, -0.1) is 0 Å². The molecule has 1 aromatic rings. The second kappa shape index (κ2) is 6.33. The summed E-state index contributed by atoms with van der Waals surface area (Å²) >= 11 is 0. The SMILES string of the molecule is CC(C)(C)OC(=O)N1C2CCC1(C(=O)O)CN(Cc1ccccc1)C2. The van der Waals surface area contributed by atoms with Crippen LogP contribution in [0.4, 0.5) is 4.79 Å². The highest BCUT2D eigenvalue weighted by molar-refractivity contribution is 5.86. The van der Waals surface area contributed by atoms with Crippen LogP contribution in [-0.2, 0) is 16.1 Å². The lowest BCUT2D eigenvalue weighted by atomic mass is 9.95. The van der Waals surface area contributed by atoms with Gasteiger partial charge in [0.1, 0.15) is 5.60 Å². The van der Waals surface area contributed by atoms with E-state index in [1.54, 1.807) is 20.8 Å².